The smallest absolute Gasteiger partial charge is 0.261 e. The van der Waals surface area contributed by atoms with Gasteiger partial charge in [-0.05, 0) is 30.4 Å². The number of benzene rings is 2. The summed E-state index contributed by atoms with van der Waals surface area (Å²) in [5.41, 5.74) is 6.63. The molecular weight excluding hydrogens is 394 g/mol. The molecular formula is C19H19N5O4S. The van der Waals surface area contributed by atoms with Crippen molar-refractivity contribution in [1.82, 2.24) is 20.7 Å². The van der Waals surface area contributed by atoms with Crippen molar-refractivity contribution in [2.24, 2.45) is 0 Å². The van der Waals surface area contributed by atoms with Crippen LogP contribution in [0.1, 0.15) is 10.4 Å². The van der Waals surface area contributed by atoms with Crippen molar-refractivity contribution in [3.8, 4) is 17.2 Å². The molecule has 1 heterocycles. The Kier molecular flexibility index (Phi) is 6.25. The van der Waals surface area contributed by atoms with Crippen LogP contribution in [0.4, 0.5) is 5.82 Å². The average Bonchev–Trinajstić information content (AvgIpc) is 2.76. The third-order valence-corrected chi connectivity index (χ3v) is 4.22. The molecule has 1 aromatic heterocycles. The Bertz CT molecular complexity index is 1060. The van der Waals surface area contributed by atoms with Crippen LogP contribution in [0.2, 0.25) is 0 Å². The summed E-state index contributed by atoms with van der Waals surface area (Å²) in [5, 5.41) is 3.32. The van der Waals surface area contributed by atoms with Gasteiger partial charge in [0.2, 0.25) is 0 Å². The normalized spacial score (nSPS) is 10.2. The van der Waals surface area contributed by atoms with Crippen LogP contribution in [0.3, 0.4) is 0 Å². The first-order valence-electron chi connectivity index (χ1n) is 8.44. The lowest BCUT2D eigenvalue weighted by atomic mass is 10.2. The molecule has 0 aliphatic heterocycles. The first-order chi connectivity index (χ1) is 14.1. The number of hydrazine groups is 1. The summed E-state index contributed by atoms with van der Waals surface area (Å²) in [6.45, 7) is 0. The van der Waals surface area contributed by atoms with Gasteiger partial charge in [0.05, 0.1) is 32.4 Å². The van der Waals surface area contributed by atoms with E-state index in [2.05, 4.69) is 26.1 Å². The number of nitrogens with zero attached hydrogens (tertiary/aromatic N) is 2. The monoisotopic (exact) mass is 413 g/mol. The molecule has 29 heavy (non-hydrogen) atoms. The van der Waals surface area contributed by atoms with E-state index in [1.54, 1.807) is 50.6 Å². The average molecular weight is 413 g/mol. The molecule has 0 saturated heterocycles. The summed E-state index contributed by atoms with van der Waals surface area (Å²) in [6, 6.07) is 10.3. The maximum atomic E-state index is 12.4. The Labute approximate surface area is 172 Å². The van der Waals surface area contributed by atoms with Gasteiger partial charge in [-0.3, -0.25) is 21.0 Å². The number of ether oxygens (including phenoxy) is 3. The molecule has 1 amide bonds. The van der Waals surface area contributed by atoms with Crippen LogP contribution in [0.5, 0.6) is 17.2 Å². The standard InChI is InChI=1S/C19H19N5O4S/c1-26-14-7-5-4-6-11(14)18(25)22-19(29)24-23-17-12-8-15(27-2)16(28-3)9-13(12)20-10-21-17/h4-10H,1-3H3,(H,20,21,23)(H2,22,24,25,29). The van der Waals surface area contributed by atoms with E-state index < -0.39 is 5.91 Å². The van der Waals surface area contributed by atoms with Gasteiger partial charge in [0.15, 0.2) is 22.4 Å². The number of aromatic nitrogens is 2. The molecule has 0 radical (unpaired) electrons. The fourth-order valence-electron chi connectivity index (χ4n) is 2.63. The number of nitrogens with one attached hydrogen (secondary N) is 3. The largest absolute Gasteiger partial charge is 0.496 e. The van der Waals surface area contributed by atoms with Crippen molar-refractivity contribution < 1.29 is 19.0 Å². The summed E-state index contributed by atoms with van der Waals surface area (Å²) in [6.07, 6.45) is 1.40. The molecule has 0 unspecified atom stereocenters. The zero-order valence-corrected chi connectivity index (χ0v) is 16.8. The molecule has 0 fully saturated rings. The Balaban J connectivity index is 1.73. The number of thiocarbonyl (C=S) groups is 1. The minimum Gasteiger partial charge on any atom is -0.496 e. The zero-order valence-electron chi connectivity index (χ0n) is 16.0. The fourth-order valence-corrected chi connectivity index (χ4v) is 2.78. The number of rotatable bonds is 6. The number of carbonyl (C=O) groups is 1. The van der Waals surface area contributed by atoms with Gasteiger partial charge < -0.3 is 14.2 Å². The highest BCUT2D eigenvalue weighted by Gasteiger charge is 2.14. The number of hydrogen-bond donors (Lipinski definition) is 3. The maximum absolute atomic E-state index is 12.4. The van der Waals surface area contributed by atoms with Crippen molar-refractivity contribution >= 4 is 40.0 Å². The highest BCUT2D eigenvalue weighted by Crippen LogP contribution is 2.33. The molecule has 3 N–H and O–H groups in total. The zero-order chi connectivity index (χ0) is 20.8. The fraction of sp³-hybridized carbons (Fsp3) is 0.158. The van der Waals surface area contributed by atoms with E-state index >= 15 is 0 Å². The molecule has 2 aromatic carbocycles. The quantitative estimate of drug-likeness (QED) is 0.414. The maximum Gasteiger partial charge on any atom is 0.261 e. The van der Waals surface area contributed by atoms with Gasteiger partial charge >= 0.3 is 0 Å². The van der Waals surface area contributed by atoms with E-state index in [1.807, 2.05) is 0 Å². The van der Waals surface area contributed by atoms with Gasteiger partial charge in [0.1, 0.15) is 12.1 Å². The van der Waals surface area contributed by atoms with Crippen LogP contribution in [0.25, 0.3) is 10.9 Å². The predicted octanol–water partition coefficient (Wildman–Crippen LogP) is 2.29. The van der Waals surface area contributed by atoms with E-state index in [-0.39, 0.29) is 5.11 Å². The number of amides is 1. The molecule has 10 heteroatoms. The Hall–Kier alpha value is -3.66. The van der Waals surface area contributed by atoms with E-state index in [0.29, 0.717) is 39.5 Å². The first kappa shape index (κ1) is 20.1. The molecule has 0 saturated carbocycles. The predicted molar refractivity (Wildman–Crippen MR) is 112 cm³/mol. The second kappa shape index (κ2) is 9.02. The van der Waals surface area contributed by atoms with Crippen molar-refractivity contribution in [2.75, 3.05) is 26.8 Å². The third kappa shape index (κ3) is 4.43. The SMILES string of the molecule is COc1cc2ncnc(NNC(=S)NC(=O)c3ccccc3OC)c2cc1OC. The second-order valence-electron chi connectivity index (χ2n) is 5.68. The number of hydrogen-bond acceptors (Lipinski definition) is 8. The van der Waals surface area contributed by atoms with Crippen LogP contribution < -0.4 is 30.4 Å². The van der Waals surface area contributed by atoms with Crippen molar-refractivity contribution in [1.29, 1.82) is 0 Å². The van der Waals surface area contributed by atoms with Crippen LogP contribution in [-0.2, 0) is 0 Å². The molecule has 3 rings (SSSR count). The summed E-state index contributed by atoms with van der Waals surface area (Å²) in [5.74, 6) is 1.58. The Morgan fingerprint density at radius 3 is 2.38 bits per heavy atom. The van der Waals surface area contributed by atoms with E-state index in [1.165, 1.54) is 13.4 Å². The number of para-hydroxylation sites is 1. The number of carbonyl (C=O) groups excluding carboxylic acids is 1. The second-order valence-corrected chi connectivity index (χ2v) is 6.09. The van der Waals surface area contributed by atoms with Gasteiger partial charge in [-0.15, -0.1) is 0 Å². The lowest BCUT2D eigenvalue weighted by molar-refractivity contribution is 0.0974. The summed E-state index contributed by atoms with van der Waals surface area (Å²) >= 11 is 5.19. The number of methoxy groups -OCH3 is 3. The molecule has 0 bridgehead atoms. The lowest BCUT2D eigenvalue weighted by Crippen LogP contribution is -2.42. The number of fused-ring (bicyclic) bond motifs is 1. The van der Waals surface area contributed by atoms with E-state index in [9.17, 15) is 4.79 Å². The van der Waals surface area contributed by atoms with Crippen molar-refractivity contribution in [3.63, 3.8) is 0 Å². The molecule has 0 aliphatic carbocycles. The highest BCUT2D eigenvalue weighted by molar-refractivity contribution is 7.80. The van der Waals surface area contributed by atoms with Gasteiger partial charge in [-0.1, -0.05) is 12.1 Å². The van der Waals surface area contributed by atoms with Gasteiger partial charge in [0.25, 0.3) is 5.91 Å². The minimum absolute atomic E-state index is 0.0631. The summed E-state index contributed by atoms with van der Waals surface area (Å²) in [4.78, 5) is 20.8. The molecule has 0 spiro atoms. The van der Waals surface area contributed by atoms with Crippen LogP contribution >= 0.6 is 12.2 Å². The molecule has 3 aromatic rings. The van der Waals surface area contributed by atoms with Crippen molar-refractivity contribution in [3.05, 3.63) is 48.3 Å². The van der Waals surface area contributed by atoms with E-state index in [4.69, 9.17) is 26.4 Å². The minimum atomic E-state index is -0.402. The first-order valence-corrected chi connectivity index (χ1v) is 8.85. The van der Waals surface area contributed by atoms with Gasteiger partial charge in [-0.25, -0.2) is 9.97 Å². The lowest BCUT2D eigenvalue weighted by Gasteiger charge is -2.14. The Morgan fingerprint density at radius 1 is 0.966 bits per heavy atom. The number of anilines is 1. The summed E-state index contributed by atoms with van der Waals surface area (Å²) in [7, 11) is 4.59. The van der Waals surface area contributed by atoms with Crippen LogP contribution in [-0.4, -0.2) is 42.3 Å². The molecule has 0 aliphatic rings. The highest BCUT2D eigenvalue weighted by atomic mass is 32.1. The van der Waals surface area contributed by atoms with E-state index in [0.717, 1.165) is 0 Å². The van der Waals surface area contributed by atoms with Crippen molar-refractivity contribution in [2.45, 2.75) is 0 Å². The molecule has 9 nitrogen and oxygen atoms in total. The third-order valence-electron chi connectivity index (χ3n) is 4.01. The summed E-state index contributed by atoms with van der Waals surface area (Å²) < 4.78 is 15.8. The molecule has 0 atom stereocenters. The van der Waals surface area contributed by atoms with Crippen LogP contribution in [0.15, 0.2) is 42.7 Å². The topological polar surface area (TPSA) is 107 Å². The van der Waals surface area contributed by atoms with Gasteiger partial charge in [-0.2, -0.15) is 0 Å². The Morgan fingerprint density at radius 2 is 1.66 bits per heavy atom. The van der Waals surface area contributed by atoms with Gasteiger partial charge in [0, 0.05) is 11.5 Å². The molecule has 150 valence electrons. The van der Waals surface area contributed by atoms with Crippen LogP contribution in [0, 0.1) is 0 Å².